The molecule has 3 aromatic rings. The second kappa shape index (κ2) is 7.07. The molecule has 0 aromatic carbocycles. The van der Waals surface area contributed by atoms with Gasteiger partial charge in [-0.3, -0.25) is 4.79 Å². The Kier molecular flexibility index (Phi) is 4.63. The Morgan fingerprint density at radius 3 is 3.08 bits per heavy atom. The largest absolute Gasteiger partial charge is 0.467 e. The predicted molar refractivity (Wildman–Crippen MR) is 103 cm³/mol. The Morgan fingerprint density at radius 2 is 2.31 bits per heavy atom. The number of likely N-dealkylation sites (tertiary alicyclic amines) is 1. The van der Waals surface area contributed by atoms with Crippen molar-refractivity contribution in [1.82, 2.24) is 14.9 Å². The number of amides is 1. The fourth-order valence-electron chi connectivity index (χ4n) is 3.52. The van der Waals surface area contributed by atoms with E-state index < -0.39 is 0 Å². The molecule has 6 nitrogen and oxygen atoms in total. The van der Waals surface area contributed by atoms with Gasteiger partial charge in [-0.05, 0) is 50.8 Å². The molecule has 0 saturated carbocycles. The number of piperidine rings is 1. The van der Waals surface area contributed by atoms with Gasteiger partial charge in [0.25, 0.3) is 5.91 Å². The van der Waals surface area contributed by atoms with Crippen LogP contribution >= 0.6 is 11.3 Å². The number of anilines is 1. The van der Waals surface area contributed by atoms with Gasteiger partial charge in [-0.15, -0.1) is 11.3 Å². The lowest BCUT2D eigenvalue weighted by atomic mass is 10.0. The Morgan fingerprint density at radius 1 is 1.42 bits per heavy atom. The fraction of sp³-hybridized carbons (Fsp3) is 0.421. The van der Waals surface area contributed by atoms with Crippen LogP contribution in [0.3, 0.4) is 0 Å². The number of hydrogen-bond acceptors (Lipinski definition) is 6. The lowest BCUT2D eigenvalue weighted by molar-refractivity contribution is 0.0640. The molecule has 4 heterocycles. The maximum absolute atomic E-state index is 13.1. The minimum Gasteiger partial charge on any atom is -0.467 e. The van der Waals surface area contributed by atoms with E-state index in [0.717, 1.165) is 51.6 Å². The molecule has 1 fully saturated rings. The molecule has 4 rings (SSSR count). The zero-order chi connectivity index (χ0) is 18.1. The van der Waals surface area contributed by atoms with Crippen LogP contribution in [0.2, 0.25) is 0 Å². The van der Waals surface area contributed by atoms with Crippen LogP contribution in [0.25, 0.3) is 10.2 Å². The van der Waals surface area contributed by atoms with Crippen LogP contribution in [0.1, 0.15) is 47.2 Å². The third kappa shape index (κ3) is 3.07. The summed E-state index contributed by atoms with van der Waals surface area (Å²) in [7, 11) is 0. The Balaban J connectivity index is 1.65. The smallest absolute Gasteiger partial charge is 0.264 e. The average molecular weight is 370 g/mol. The van der Waals surface area contributed by atoms with Gasteiger partial charge in [0, 0.05) is 12.6 Å². The second-order valence-corrected chi connectivity index (χ2v) is 7.73. The lowest BCUT2D eigenvalue weighted by Gasteiger charge is -2.33. The van der Waals surface area contributed by atoms with E-state index >= 15 is 0 Å². The van der Waals surface area contributed by atoms with Crippen LogP contribution in [-0.4, -0.2) is 33.4 Å². The summed E-state index contributed by atoms with van der Waals surface area (Å²) < 4.78 is 5.37. The van der Waals surface area contributed by atoms with Crippen molar-refractivity contribution in [3.8, 4) is 0 Å². The van der Waals surface area contributed by atoms with Crippen LogP contribution in [0.5, 0.6) is 0 Å². The first kappa shape index (κ1) is 17.0. The first-order valence-corrected chi connectivity index (χ1v) is 9.78. The summed E-state index contributed by atoms with van der Waals surface area (Å²) in [5.41, 5.74) is 0.954. The summed E-state index contributed by atoms with van der Waals surface area (Å²) in [6.07, 6.45) is 6.55. The molecule has 26 heavy (non-hydrogen) atoms. The maximum atomic E-state index is 13.1. The summed E-state index contributed by atoms with van der Waals surface area (Å²) in [6.45, 7) is 5.50. The molecule has 1 aliphatic heterocycles. The van der Waals surface area contributed by atoms with Crippen molar-refractivity contribution in [2.45, 2.75) is 45.7 Å². The van der Waals surface area contributed by atoms with Crippen molar-refractivity contribution in [2.75, 3.05) is 11.9 Å². The number of nitrogens with one attached hydrogen (secondary N) is 1. The summed E-state index contributed by atoms with van der Waals surface area (Å²) in [6, 6.07) is 4.07. The molecular formula is C19H22N4O2S. The van der Waals surface area contributed by atoms with Crippen molar-refractivity contribution in [3.05, 3.63) is 40.9 Å². The molecule has 1 atom stereocenters. The molecule has 1 saturated heterocycles. The quantitative estimate of drug-likeness (QED) is 0.744. The summed E-state index contributed by atoms with van der Waals surface area (Å²) in [5.74, 6) is 1.70. The number of carbonyl (C=O) groups excluding carboxylic acids is 1. The van der Waals surface area contributed by atoms with Crippen LogP contribution in [0.15, 0.2) is 29.1 Å². The van der Waals surface area contributed by atoms with Crippen LogP contribution in [-0.2, 0) is 6.54 Å². The highest BCUT2D eigenvalue weighted by Crippen LogP contribution is 2.35. The van der Waals surface area contributed by atoms with Gasteiger partial charge in [-0.1, -0.05) is 0 Å². The molecule has 7 heteroatoms. The van der Waals surface area contributed by atoms with Crippen molar-refractivity contribution in [1.29, 1.82) is 0 Å². The van der Waals surface area contributed by atoms with E-state index in [4.69, 9.17) is 4.42 Å². The van der Waals surface area contributed by atoms with Crippen LogP contribution in [0.4, 0.5) is 5.82 Å². The number of nitrogens with zero attached hydrogens (tertiary/aromatic N) is 3. The van der Waals surface area contributed by atoms with Gasteiger partial charge in [0.15, 0.2) is 0 Å². The maximum Gasteiger partial charge on any atom is 0.264 e. The van der Waals surface area contributed by atoms with Crippen molar-refractivity contribution >= 4 is 33.3 Å². The summed E-state index contributed by atoms with van der Waals surface area (Å²) >= 11 is 1.46. The van der Waals surface area contributed by atoms with Gasteiger partial charge in [0.2, 0.25) is 0 Å². The van der Waals surface area contributed by atoms with E-state index in [2.05, 4.69) is 22.2 Å². The van der Waals surface area contributed by atoms with E-state index in [-0.39, 0.29) is 5.91 Å². The van der Waals surface area contributed by atoms with E-state index in [1.807, 2.05) is 24.0 Å². The molecule has 0 bridgehead atoms. The third-order valence-electron chi connectivity index (χ3n) is 5.00. The molecule has 1 amide bonds. The number of aromatic nitrogens is 2. The fourth-order valence-corrected chi connectivity index (χ4v) is 4.63. The van der Waals surface area contributed by atoms with Gasteiger partial charge in [-0.2, -0.15) is 0 Å². The van der Waals surface area contributed by atoms with E-state index in [1.165, 1.54) is 17.8 Å². The van der Waals surface area contributed by atoms with Crippen LogP contribution < -0.4 is 5.32 Å². The van der Waals surface area contributed by atoms with E-state index in [1.54, 1.807) is 12.6 Å². The first-order valence-electron chi connectivity index (χ1n) is 8.96. The molecule has 0 aliphatic carbocycles. The topological polar surface area (TPSA) is 71.3 Å². The average Bonchev–Trinajstić information content (AvgIpc) is 3.28. The van der Waals surface area contributed by atoms with Crippen molar-refractivity contribution in [2.24, 2.45) is 0 Å². The summed E-state index contributed by atoms with van der Waals surface area (Å²) in [4.78, 5) is 25.5. The van der Waals surface area contributed by atoms with Gasteiger partial charge in [-0.25, -0.2) is 9.97 Å². The van der Waals surface area contributed by atoms with Gasteiger partial charge >= 0.3 is 0 Å². The van der Waals surface area contributed by atoms with Gasteiger partial charge < -0.3 is 14.6 Å². The molecule has 1 N–H and O–H groups in total. The molecule has 136 valence electrons. The highest BCUT2D eigenvalue weighted by atomic mass is 32.1. The zero-order valence-corrected chi connectivity index (χ0v) is 15.8. The SMILES string of the molecule is Cc1c(C(=O)N2CCCC[C@H]2C)sc2ncnc(NCc3ccco3)c12. The second-order valence-electron chi connectivity index (χ2n) is 6.73. The van der Waals surface area contributed by atoms with Crippen LogP contribution in [0, 0.1) is 6.92 Å². The number of furan rings is 1. The summed E-state index contributed by atoms with van der Waals surface area (Å²) in [5, 5.41) is 4.24. The lowest BCUT2D eigenvalue weighted by Crippen LogP contribution is -2.41. The molecule has 3 aromatic heterocycles. The number of hydrogen-bond donors (Lipinski definition) is 1. The van der Waals surface area contributed by atoms with Gasteiger partial charge in [0.1, 0.15) is 22.7 Å². The Labute approximate surface area is 156 Å². The predicted octanol–water partition coefficient (Wildman–Crippen LogP) is 4.22. The van der Waals surface area contributed by atoms with Crippen molar-refractivity contribution in [3.63, 3.8) is 0 Å². The number of fused-ring (bicyclic) bond motifs is 1. The molecular weight excluding hydrogens is 348 g/mol. The van der Waals surface area contributed by atoms with E-state index in [0.29, 0.717) is 12.6 Å². The monoisotopic (exact) mass is 370 g/mol. The van der Waals surface area contributed by atoms with Crippen molar-refractivity contribution < 1.29 is 9.21 Å². The Hall–Kier alpha value is -2.41. The minimum atomic E-state index is 0.120. The minimum absolute atomic E-state index is 0.120. The number of rotatable bonds is 4. The number of thiophene rings is 1. The van der Waals surface area contributed by atoms with E-state index in [9.17, 15) is 4.79 Å². The van der Waals surface area contributed by atoms with Gasteiger partial charge in [0.05, 0.1) is 23.1 Å². The highest BCUT2D eigenvalue weighted by molar-refractivity contribution is 7.20. The molecule has 1 aliphatic rings. The highest BCUT2D eigenvalue weighted by Gasteiger charge is 2.28. The first-order chi connectivity index (χ1) is 12.6. The normalized spacial score (nSPS) is 17.6. The standard InChI is InChI=1S/C19H22N4O2S/c1-12-6-3-4-8-23(12)19(24)16-13(2)15-17(21-11-22-18(15)26-16)20-10-14-7-5-9-25-14/h5,7,9,11-12H,3-4,6,8,10H2,1-2H3,(H,20,21,22)/t12-/m1/s1. The number of aryl methyl sites for hydroxylation is 1. The zero-order valence-electron chi connectivity index (χ0n) is 15.0. The Bertz CT molecular complexity index is 919. The molecule has 0 unspecified atom stereocenters. The number of carbonyl (C=O) groups is 1. The molecule has 0 spiro atoms. The third-order valence-corrected chi connectivity index (χ3v) is 6.18. The molecule has 0 radical (unpaired) electrons.